The van der Waals surface area contributed by atoms with Crippen LogP contribution in [0.15, 0.2) is 0 Å². The Morgan fingerprint density at radius 2 is 1.42 bits per heavy atom. The predicted molar refractivity (Wildman–Crippen MR) is 55.3 cm³/mol. The molecule has 0 aromatic carbocycles. The zero-order valence-electron chi connectivity index (χ0n) is 9.03. The normalized spacial score (nSPS) is 22.2. The molecule has 12 heavy (non-hydrogen) atoms. The molecule has 0 saturated heterocycles. The highest BCUT2D eigenvalue weighted by molar-refractivity contribution is 4.71. The van der Waals surface area contributed by atoms with Gasteiger partial charge >= 0.3 is 0 Å². The van der Waals surface area contributed by atoms with Gasteiger partial charge in [0.25, 0.3) is 0 Å². The van der Waals surface area contributed by atoms with Crippen LogP contribution in [-0.4, -0.2) is 0 Å². The molecule has 0 N–H and O–H groups in total. The first-order valence-electron chi connectivity index (χ1n) is 5.58. The van der Waals surface area contributed by atoms with Gasteiger partial charge in [-0.15, -0.1) is 0 Å². The molecule has 72 valence electrons. The Balaban J connectivity index is 2.30. The molecule has 1 aliphatic carbocycles. The van der Waals surface area contributed by atoms with Gasteiger partial charge in [0.1, 0.15) is 0 Å². The van der Waals surface area contributed by atoms with Crippen molar-refractivity contribution < 1.29 is 0 Å². The Morgan fingerprint density at radius 1 is 0.917 bits per heavy atom. The minimum Gasteiger partial charge on any atom is -0.0602 e. The summed E-state index contributed by atoms with van der Waals surface area (Å²) in [5.74, 6) is 1.03. The molecule has 0 nitrogen and oxygen atoms in total. The van der Waals surface area contributed by atoms with Crippen LogP contribution in [0, 0.1) is 11.3 Å². The molecule has 0 spiro atoms. The molecule has 0 atom stereocenters. The molecule has 1 aliphatic rings. The van der Waals surface area contributed by atoms with Crippen LogP contribution >= 0.6 is 0 Å². The molecular formula is C12H24. The van der Waals surface area contributed by atoms with Crippen molar-refractivity contribution in [3.8, 4) is 0 Å². The predicted octanol–water partition coefficient (Wildman–Crippen LogP) is 4.39. The van der Waals surface area contributed by atoms with Gasteiger partial charge in [-0.05, 0) is 17.8 Å². The van der Waals surface area contributed by atoms with E-state index in [-0.39, 0.29) is 0 Å². The van der Waals surface area contributed by atoms with Crippen LogP contribution in [0.2, 0.25) is 0 Å². The van der Waals surface area contributed by atoms with Crippen LogP contribution in [0.4, 0.5) is 0 Å². The molecule has 0 aromatic heterocycles. The molecule has 1 rings (SSSR count). The summed E-state index contributed by atoms with van der Waals surface area (Å²) in [4.78, 5) is 0. The lowest BCUT2D eigenvalue weighted by Gasteiger charge is -2.24. The molecule has 0 unspecified atom stereocenters. The lowest BCUT2D eigenvalue weighted by atomic mass is 9.81. The second-order valence-electron chi connectivity index (χ2n) is 5.62. The molecule has 1 saturated carbocycles. The van der Waals surface area contributed by atoms with Crippen molar-refractivity contribution in [2.45, 2.75) is 65.7 Å². The molecule has 0 aromatic rings. The smallest absolute Gasteiger partial charge is 0.0380 e. The summed E-state index contributed by atoms with van der Waals surface area (Å²) < 4.78 is 0. The van der Waals surface area contributed by atoms with Crippen LogP contribution in [0.5, 0.6) is 0 Å². The SMILES string of the molecule is CC(C)(C)CC1CCCCCC1. The second kappa shape index (κ2) is 4.30. The van der Waals surface area contributed by atoms with E-state index in [0.29, 0.717) is 5.41 Å². The van der Waals surface area contributed by atoms with Crippen molar-refractivity contribution >= 4 is 0 Å². The highest BCUT2D eigenvalue weighted by Gasteiger charge is 2.19. The van der Waals surface area contributed by atoms with Crippen LogP contribution < -0.4 is 0 Å². The fourth-order valence-electron chi connectivity index (χ4n) is 2.43. The Bertz CT molecular complexity index is 110. The van der Waals surface area contributed by atoms with Crippen LogP contribution in [0.3, 0.4) is 0 Å². The Hall–Kier alpha value is 0. The maximum atomic E-state index is 2.37. The van der Waals surface area contributed by atoms with Gasteiger partial charge in [-0.2, -0.15) is 0 Å². The van der Waals surface area contributed by atoms with Gasteiger partial charge in [-0.1, -0.05) is 59.3 Å². The highest BCUT2D eigenvalue weighted by atomic mass is 14.2. The summed E-state index contributed by atoms with van der Waals surface area (Å²) in [6.45, 7) is 7.12. The molecule has 0 heteroatoms. The van der Waals surface area contributed by atoms with E-state index < -0.39 is 0 Å². The zero-order chi connectivity index (χ0) is 9.03. The average Bonchev–Trinajstić information content (AvgIpc) is 2.12. The fraction of sp³-hybridized carbons (Fsp3) is 1.00. The first-order valence-corrected chi connectivity index (χ1v) is 5.58. The first kappa shape index (κ1) is 10.1. The Labute approximate surface area is 77.7 Å². The molecule has 0 bridgehead atoms. The minimum atomic E-state index is 0.551. The van der Waals surface area contributed by atoms with E-state index in [1.54, 1.807) is 0 Å². The van der Waals surface area contributed by atoms with Gasteiger partial charge in [0.15, 0.2) is 0 Å². The maximum Gasteiger partial charge on any atom is -0.0380 e. The van der Waals surface area contributed by atoms with Crippen molar-refractivity contribution in [1.82, 2.24) is 0 Å². The van der Waals surface area contributed by atoms with Crippen molar-refractivity contribution in [2.24, 2.45) is 11.3 Å². The van der Waals surface area contributed by atoms with E-state index in [4.69, 9.17) is 0 Å². The number of rotatable bonds is 1. The van der Waals surface area contributed by atoms with Crippen LogP contribution in [0.25, 0.3) is 0 Å². The van der Waals surface area contributed by atoms with Crippen LogP contribution in [-0.2, 0) is 0 Å². The molecule has 1 fully saturated rings. The largest absolute Gasteiger partial charge is 0.0602 e. The zero-order valence-corrected chi connectivity index (χ0v) is 9.03. The topological polar surface area (TPSA) is 0 Å². The van der Waals surface area contributed by atoms with Crippen molar-refractivity contribution in [3.05, 3.63) is 0 Å². The standard InChI is InChI=1S/C12H24/c1-12(2,3)10-11-8-6-4-5-7-9-11/h11H,4-10H2,1-3H3. The van der Waals surface area contributed by atoms with Gasteiger partial charge in [-0.3, -0.25) is 0 Å². The molecular weight excluding hydrogens is 144 g/mol. The van der Waals surface area contributed by atoms with E-state index >= 15 is 0 Å². The lowest BCUT2D eigenvalue weighted by molar-refractivity contribution is 0.273. The van der Waals surface area contributed by atoms with Gasteiger partial charge in [-0.25, -0.2) is 0 Å². The third kappa shape index (κ3) is 4.13. The monoisotopic (exact) mass is 168 g/mol. The van der Waals surface area contributed by atoms with Gasteiger partial charge in [0.05, 0.1) is 0 Å². The highest BCUT2D eigenvalue weighted by Crippen LogP contribution is 2.32. The fourth-order valence-corrected chi connectivity index (χ4v) is 2.43. The first-order chi connectivity index (χ1) is 5.58. The third-order valence-electron chi connectivity index (χ3n) is 2.88. The summed E-state index contributed by atoms with van der Waals surface area (Å²) in [6.07, 6.45) is 10.4. The van der Waals surface area contributed by atoms with Gasteiger partial charge in [0.2, 0.25) is 0 Å². The van der Waals surface area contributed by atoms with Gasteiger partial charge < -0.3 is 0 Å². The van der Waals surface area contributed by atoms with Gasteiger partial charge in [0, 0.05) is 0 Å². The molecule has 0 heterocycles. The summed E-state index contributed by atoms with van der Waals surface area (Å²) in [5, 5.41) is 0. The summed E-state index contributed by atoms with van der Waals surface area (Å²) in [5.41, 5.74) is 0.551. The van der Waals surface area contributed by atoms with E-state index in [0.717, 1.165) is 5.92 Å². The third-order valence-corrected chi connectivity index (χ3v) is 2.88. The summed E-state index contributed by atoms with van der Waals surface area (Å²) >= 11 is 0. The maximum absolute atomic E-state index is 2.37. The molecule has 0 radical (unpaired) electrons. The second-order valence-corrected chi connectivity index (χ2v) is 5.62. The molecule has 0 amide bonds. The van der Waals surface area contributed by atoms with Crippen molar-refractivity contribution in [1.29, 1.82) is 0 Å². The van der Waals surface area contributed by atoms with Crippen molar-refractivity contribution in [3.63, 3.8) is 0 Å². The molecule has 0 aliphatic heterocycles. The quantitative estimate of drug-likeness (QED) is 0.509. The van der Waals surface area contributed by atoms with E-state index in [1.165, 1.54) is 44.9 Å². The van der Waals surface area contributed by atoms with E-state index in [9.17, 15) is 0 Å². The van der Waals surface area contributed by atoms with E-state index in [1.807, 2.05) is 0 Å². The number of hydrogen-bond donors (Lipinski definition) is 0. The van der Waals surface area contributed by atoms with Crippen LogP contribution in [0.1, 0.15) is 65.7 Å². The summed E-state index contributed by atoms with van der Waals surface area (Å²) in [7, 11) is 0. The van der Waals surface area contributed by atoms with Crippen molar-refractivity contribution in [2.75, 3.05) is 0 Å². The Kier molecular flexibility index (Phi) is 3.61. The average molecular weight is 168 g/mol. The van der Waals surface area contributed by atoms with E-state index in [2.05, 4.69) is 20.8 Å². The lowest BCUT2D eigenvalue weighted by Crippen LogP contribution is -2.12. The number of hydrogen-bond acceptors (Lipinski definition) is 0. The minimum absolute atomic E-state index is 0.551. The Morgan fingerprint density at radius 3 is 1.83 bits per heavy atom. The summed E-state index contributed by atoms with van der Waals surface area (Å²) in [6, 6.07) is 0.